The Morgan fingerprint density at radius 1 is 1.06 bits per heavy atom. The van der Waals surface area contributed by atoms with Gasteiger partial charge < -0.3 is 15.1 Å². The van der Waals surface area contributed by atoms with Crippen LogP contribution in [0.15, 0.2) is 72.8 Å². The number of piperazine rings is 1. The van der Waals surface area contributed by atoms with Gasteiger partial charge >= 0.3 is 0 Å². The minimum atomic E-state index is -0.423. The minimum Gasteiger partial charge on any atom is -0.368 e. The Kier molecular flexibility index (Phi) is 5.88. The highest BCUT2D eigenvalue weighted by molar-refractivity contribution is 5.82. The van der Waals surface area contributed by atoms with Crippen molar-refractivity contribution < 1.29 is 14.1 Å². The number of halogens is 1. The van der Waals surface area contributed by atoms with Crippen molar-refractivity contribution in [1.82, 2.24) is 5.32 Å². The summed E-state index contributed by atoms with van der Waals surface area (Å²) in [6.45, 7) is 2.22. The number of hydrogen-bond donors (Lipinski definition) is 1. The van der Waals surface area contributed by atoms with E-state index in [1.165, 1.54) is 12.1 Å². The molecule has 2 aliphatic rings. The van der Waals surface area contributed by atoms with E-state index in [-0.39, 0.29) is 30.0 Å². The number of carbonyl (C=O) groups is 1. The number of para-hydroxylation sites is 1. The highest BCUT2D eigenvalue weighted by Gasteiger charge is 2.42. The number of hydrogen-bond acceptors (Lipinski definition) is 5. The molecule has 0 aromatic heterocycles. The predicted octanol–water partition coefficient (Wildman–Crippen LogP) is 3.92. The lowest BCUT2D eigenvalue weighted by Crippen LogP contribution is -2.61. The van der Waals surface area contributed by atoms with Gasteiger partial charge in [-0.1, -0.05) is 36.4 Å². The fourth-order valence-corrected chi connectivity index (χ4v) is 5.05. The lowest BCUT2D eigenvalue weighted by atomic mass is 9.83. The molecule has 2 aliphatic heterocycles. The summed E-state index contributed by atoms with van der Waals surface area (Å²) in [7, 11) is 0. The zero-order valence-corrected chi connectivity index (χ0v) is 18.6. The Morgan fingerprint density at radius 3 is 2.59 bits per heavy atom. The van der Waals surface area contributed by atoms with Gasteiger partial charge in [-0.3, -0.25) is 14.9 Å². The Bertz CT molecular complexity index is 1220. The Hall–Kier alpha value is -3.94. The van der Waals surface area contributed by atoms with Crippen LogP contribution in [0.25, 0.3) is 0 Å². The van der Waals surface area contributed by atoms with Crippen LogP contribution < -0.4 is 15.1 Å². The third-order valence-electron chi connectivity index (χ3n) is 6.78. The van der Waals surface area contributed by atoms with Crippen molar-refractivity contribution in [3.8, 4) is 0 Å². The van der Waals surface area contributed by atoms with Gasteiger partial charge in [0.25, 0.3) is 5.69 Å². The number of amides is 1. The summed E-state index contributed by atoms with van der Waals surface area (Å²) in [5, 5.41) is 14.3. The van der Waals surface area contributed by atoms with Crippen LogP contribution in [0.1, 0.15) is 11.1 Å². The van der Waals surface area contributed by atoms with E-state index in [1.807, 2.05) is 18.2 Å². The number of fused-ring (bicyclic) bond motifs is 3. The molecule has 3 aromatic rings. The average molecular weight is 461 g/mol. The van der Waals surface area contributed by atoms with Gasteiger partial charge in [0.15, 0.2) is 0 Å². The third-order valence-corrected chi connectivity index (χ3v) is 6.78. The van der Waals surface area contributed by atoms with Gasteiger partial charge in [0.1, 0.15) is 5.82 Å². The molecule has 3 aromatic carbocycles. The molecule has 0 spiro atoms. The quantitative estimate of drug-likeness (QED) is 0.461. The fourth-order valence-electron chi connectivity index (χ4n) is 5.05. The zero-order chi connectivity index (χ0) is 23.7. The molecule has 1 fully saturated rings. The number of nitrogens with zero attached hydrogens (tertiary/aromatic N) is 3. The van der Waals surface area contributed by atoms with Crippen molar-refractivity contribution in [2.75, 3.05) is 29.4 Å². The SMILES string of the molecule is O=C(NCc1ccccc1F)[C@H]1Cc2cc([N+](=O)[O-])ccc2N2CCN(c3ccccc3)C[C@H]12. The van der Waals surface area contributed by atoms with Crippen LogP contribution in [-0.2, 0) is 17.8 Å². The molecule has 1 saturated heterocycles. The number of carbonyl (C=O) groups excluding carboxylic acids is 1. The molecule has 0 saturated carbocycles. The van der Waals surface area contributed by atoms with Gasteiger partial charge in [-0.15, -0.1) is 0 Å². The van der Waals surface area contributed by atoms with E-state index in [9.17, 15) is 19.3 Å². The van der Waals surface area contributed by atoms with E-state index in [0.717, 1.165) is 23.5 Å². The molecule has 2 heterocycles. The van der Waals surface area contributed by atoms with Crippen molar-refractivity contribution in [3.63, 3.8) is 0 Å². The van der Waals surface area contributed by atoms with Gasteiger partial charge in [-0.05, 0) is 36.2 Å². The van der Waals surface area contributed by atoms with Gasteiger partial charge in [0.2, 0.25) is 5.91 Å². The molecule has 34 heavy (non-hydrogen) atoms. The second-order valence-electron chi connectivity index (χ2n) is 8.73. The smallest absolute Gasteiger partial charge is 0.269 e. The lowest BCUT2D eigenvalue weighted by Gasteiger charge is -2.49. The van der Waals surface area contributed by atoms with E-state index in [4.69, 9.17) is 0 Å². The van der Waals surface area contributed by atoms with Crippen LogP contribution in [0.2, 0.25) is 0 Å². The van der Waals surface area contributed by atoms with Crippen LogP contribution in [0.4, 0.5) is 21.5 Å². The highest BCUT2D eigenvalue weighted by Crippen LogP contribution is 2.38. The second kappa shape index (κ2) is 9.13. The van der Waals surface area contributed by atoms with E-state index in [0.29, 0.717) is 25.1 Å². The molecule has 174 valence electrons. The molecule has 2 atom stereocenters. The zero-order valence-electron chi connectivity index (χ0n) is 18.6. The van der Waals surface area contributed by atoms with E-state index >= 15 is 0 Å². The van der Waals surface area contributed by atoms with Crippen molar-refractivity contribution in [2.45, 2.75) is 19.0 Å². The summed E-state index contributed by atoms with van der Waals surface area (Å²) in [6.07, 6.45) is 0.393. The van der Waals surface area contributed by atoms with E-state index in [1.54, 1.807) is 30.3 Å². The predicted molar refractivity (Wildman–Crippen MR) is 128 cm³/mol. The van der Waals surface area contributed by atoms with Crippen LogP contribution in [0.5, 0.6) is 0 Å². The maximum Gasteiger partial charge on any atom is 0.269 e. The summed E-state index contributed by atoms with van der Waals surface area (Å²) in [4.78, 5) is 28.8. The molecule has 0 radical (unpaired) electrons. The lowest BCUT2D eigenvalue weighted by molar-refractivity contribution is -0.384. The average Bonchev–Trinajstić information content (AvgIpc) is 2.87. The Balaban J connectivity index is 1.44. The molecule has 0 bridgehead atoms. The molecular weight excluding hydrogens is 435 g/mol. The van der Waals surface area contributed by atoms with Crippen LogP contribution in [-0.4, -0.2) is 36.5 Å². The van der Waals surface area contributed by atoms with E-state index < -0.39 is 10.8 Å². The molecule has 7 nitrogen and oxygen atoms in total. The number of anilines is 2. The monoisotopic (exact) mass is 460 g/mol. The van der Waals surface area contributed by atoms with Crippen LogP contribution in [0, 0.1) is 21.8 Å². The van der Waals surface area contributed by atoms with Crippen molar-refractivity contribution >= 4 is 23.0 Å². The number of rotatable bonds is 5. The van der Waals surface area contributed by atoms with Crippen molar-refractivity contribution in [2.24, 2.45) is 5.92 Å². The van der Waals surface area contributed by atoms with Gasteiger partial charge in [0, 0.05) is 55.2 Å². The van der Waals surface area contributed by atoms with Crippen molar-refractivity contribution in [1.29, 1.82) is 0 Å². The van der Waals surface area contributed by atoms with Crippen LogP contribution in [0.3, 0.4) is 0 Å². The number of nitro groups is 1. The van der Waals surface area contributed by atoms with Crippen LogP contribution >= 0.6 is 0 Å². The third kappa shape index (κ3) is 4.19. The van der Waals surface area contributed by atoms with Gasteiger partial charge in [-0.25, -0.2) is 4.39 Å². The molecule has 0 aliphatic carbocycles. The minimum absolute atomic E-state index is 0.0191. The van der Waals surface area contributed by atoms with Gasteiger partial charge in [-0.2, -0.15) is 0 Å². The summed E-state index contributed by atoms with van der Waals surface area (Å²) in [5.74, 6) is -0.958. The number of non-ortho nitro benzene ring substituents is 1. The molecule has 1 amide bonds. The normalized spacial score (nSPS) is 19.2. The number of nitro benzene ring substituents is 1. The Labute approximate surface area is 197 Å². The number of benzene rings is 3. The largest absolute Gasteiger partial charge is 0.368 e. The first-order valence-electron chi connectivity index (χ1n) is 11.4. The molecule has 5 rings (SSSR count). The summed E-state index contributed by atoms with van der Waals surface area (Å²) in [6, 6.07) is 21.3. The first-order valence-corrected chi connectivity index (χ1v) is 11.4. The maximum absolute atomic E-state index is 14.1. The molecule has 1 N–H and O–H groups in total. The maximum atomic E-state index is 14.1. The first-order chi connectivity index (χ1) is 16.5. The number of nitrogens with one attached hydrogen (secondary N) is 1. The van der Waals surface area contributed by atoms with Gasteiger partial charge in [0.05, 0.1) is 16.9 Å². The Morgan fingerprint density at radius 2 is 1.82 bits per heavy atom. The molecule has 0 unspecified atom stereocenters. The first kappa shape index (κ1) is 21.9. The summed E-state index contributed by atoms with van der Waals surface area (Å²) >= 11 is 0. The van der Waals surface area contributed by atoms with E-state index in [2.05, 4.69) is 27.2 Å². The molecule has 8 heteroatoms. The fraction of sp³-hybridized carbons (Fsp3) is 0.269. The second-order valence-corrected chi connectivity index (χ2v) is 8.73. The topological polar surface area (TPSA) is 78.7 Å². The summed E-state index contributed by atoms with van der Waals surface area (Å²) in [5.41, 5.74) is 3.29. The molecular formula is C26H25FN4O3. The highest BCUT2D eigenvalue weighted by atomic mass is 19.1. The summed E-state index contributed by atoms with van der Waals surface area (Å²) < 4.78 is 14.1. The van der Waals surface area contributed by atoms with Crippen molar-refractivity contribution in [3.05, 3.63) is 99.9 Å². The standard InChI is InChI=1S/C26H25FN4O3/c27-23-9-5-4-6-18(23)16-28-26(32)22-15-19-14-21(31(33)34)10-11-24(19)30-13-12-29(17-25(22)30)20-7-2-1-3-8-20/h1-11,14,22,25H,12-13,15-17H2,(H,28,32)/t22-,25+/m0/s1.